The van der Waals surface area contributed by atoms with Crippen LogP contribution in [0.25, 0.3) is 23.1 Å². The summed E-state index contributed by atoms with van der Waals surface area (Å²) in [5, 5.41) is 1.07. The van der Waals surface area contributed by atoms with Crippen LogP contribution in [0, 0.1) is 0 Å². The van der Waals surface area contributed by atoms with Crippen LogP contribution >= 0.6 is 12.4 Å². The Bertz CT molecular complexity index is 1120. The summed E-state index contributed by atoms with van der Waals surface area (Å²) in [6.45, 7) is 0.651. The fraction of sp³-hybridized carbons (Fsp3) is 0.192. The van der Waals surface area contributed by atoms with Gasteiger partial charge in [0.1, 0.15) is 17.1 Å². The number of anilines is 1. The van der Waals surface area contributed by atoms with Gasteiger partial charge in [0.2, 0.25) is 0 Å². The average molecular weight is 435 g/mol. The number of hydrogen-bond acceptors (Lipinski definition) is 4. The number of benzene rings is 2. The van der Waals surface area contributed by atoms with E-state index >= 15 is 0 Å². The number of fused-ring (bicyclic) bond motifs is 1. The van der Waals surface area contributed by atoms with Crippen LogP contribution in [0.5, 0.6) is 5.75 Å². The maximum absolute atomic E-state index is 5.98. The minimum absolute atomic E-state index is 0. The second-order valence-electron chi connectivity index (χ2n) is 7.44. The van der Waals surface area contributed by atoms with E-state index in [-0.39, 0.29) is 12.4 Å². The fourth-order valence-corrected chi connectivity index (χ4v) is 3.26. The van der Waals surface area contributed by atoms with E-state index in [0.717, 1.165) is 46.6 Å². The van der Waals surface area contributed by atoms with Crippen molar-refractivity contribution in [3.05, 3.63) is 89.9 Å². The van der Waals surface area contributed by atoms with Crippen LogP contribution in [0.1, 0.15) is 23.4 Å². The number of aromatic nitrogens is 1. The van der Waals surface area contributed by atoms with Gasteiger partial charge in [0.25, 0.3) is 0 Å². The van der Waals surface area contributed by atoms with Gasteiger partial charge in [-0.25, -0.2) is 0 Å². The highest BCUT2D eigenvalue weighted by atomic mass is 35.5. The molecule has 0 saturated carbocycles. The van der Waals surface area contributed by atoms with Crippen molar-refractivity contribution in [3.63, 3.8) is 0 Å². The van der Waals surface area contributed by atoms with E-state index in [4.69, 9.17) is 9.15 Å². The molecular weight excluding hydrogens is 408 g/mol. The van der Waals surface area contributed by atoms with Crippen molar-refractivity contribution in [1.29, 1.82) is 0 Å². The normalized spacial score (nSPS) is 10.9. The molecule has 4 aromatic rings. The molecule has 0 aliphatic carbocycles. The summed E-state index contributed by atoms with van der Waals surface area (Å²) in [5.74, 6) is 1.65. The quantitative estimate of drug-likeness (QED) is 0.297. The van der Waals surface area contributed by atoms with Crippen LogP contribution in [-0.4, -0.2) is 25.7 Å². The zero-order valence-corrected chi connectivity index (χ0v) is 18.6. The molecule has 0 radical (unpaired) electrons. The second kappa shape index (κ2) is 10.7. The Hall–Kier alpha value is -3.24. The van der Waals surface area contributed by atoms with Gasteiger partial charge in [-0.15, -0.1) is 12.4 Å². The summed E-state index contributed by atoms with van der Waals surface area (Å²) in [5.41, 5.74) is 4.25. The van der Waals surface area contributed by atoms with Crippen LogP contribution in [-0.2, 0) is 6.42 Å². The molecule has 0 aliphatic rings. The van der Waals surface area contributed by atoms with Gasteiger partial charge in [-0.3, -0.25) is 4.98 Å². The molecule has 0 saturated heterocycles. The van der Waals surface area contributed by atoms with E-state index in [2.05, 4.69) is 40.2 Å². The van der Waals surface area contributed by atoms with Crippen molar-refractivity contribution < 1.29 is 9.15 Å². The number of rotatable bonds is 8. The third-order valence-corrected chi connectivity index (χ3v) is 4.93. The Kier molecular flexibility index (Phi) is 7.74. The smallest absolute Gasteiger partial charge is 0.138 e. The lowest BCUT2D eigenvalue weighted by Gasteiger charge is -2.11. The summed E-state index contributed by atoms with van der Waals surface area (Å²) in [6.07, 6.45) is 7.72. The molecule has 2 heterocycles. The van der Waals surface area contributed by atoms with Crippen LogP contribution in [0.3, 0.4) is 0 Å². The fourth-order valence-electron chi connectivity index (χ4n) is 3.26. The highest BCUT2D eigenvalue weighted by Gasteiger charge is 2.04. The van der Waals surface area contributed by atoms with Crippen molar-refractivity contribution in [1.82, 2.24) is 4.98 Å². The predicted molar refractivity (Wildman–Crippen MR) is 131 cm³/mol. The first-order chi connectivity index (χ1) is 14.7. The lowest BCUT2D eigenvalue weighted by molar-refractivity contribution is 0.310. The van der Waals surface area contributed by atoms with E-state index in [0.29, 0.717) is 6.61 Å². The van der Waals surface area contributed by atoms with Gasteiger partial charge in [0, 0.05) is 43.1 Å². The van der Waals surface area contributed by atoms with Crippen LogP contribution < -0.4 is 9.64 Å². The number of furan rings is 1. The van der Waals surface area contributed by atoms with Crippen LogP contribution in [0.4, 0.5) is 5.69 Å². The van der Waals surface area contributed by atoms with Crippen LogP contribution in [0.2, 0.25) is 0 Å². The third-order valence-electron chi connectivity index (χ3n) is 4.93. The SMILES string of the molecule is CN(C)c1ccc(/C=C/c2cc3ccc(OCCCc4ccccn4)cc3o2)cc1.Cl. The van der Waals surface area contributed by atoms with Gasteiger partial charge >= 0.3 is 0 Å². The zero-order chi connectivity index (χ0) is 20.8. The molecule has 0 bridgehead atoms. The molecular formula is C26H27ClN2O2. The Labute approximate surface area is 189 Å². The molecule has 0 aliphatic heterocycles. The van der Waals surface area contributed by atoms with Gasteiger partial charge in [-0.1, -0.05) is 24.3 Å². The molecule has 31 heavy (non-hydrogen) atoms. The van der Waals surface area contributed by atoms with Gasteiger partial charge in [0.05, 0.1) is 6.61 Å². The lowest BCUT2D eigenvalue weighted by atomic mass is 10.1. The van der Waals surface area contributed by atoms with E-state index in [1.807, 2.05) is 68.8 Å². The first-order valence-corrected chi connectivity index (χ1v) is 10.2. The van der Waals surface area contributed by atoms with Crippen molar-refractivity contribution in [2.45, 2.75) is 12.8 Å². The lowest BCUT2D eigenvalue weighted by Crippen LogP contribution is -2.07. The summed E-state index contributed by atoms with van der Waals surface area (Å²) >= 11 is 0. The molecule has 0 N–H and O–H groups in total. The molecule has 0 unspecified atom stereocenters. The molecule has 5 heteroatoms. The topological polar surface area (TPSA) is 38.5 Å². The molecule has 0 atom stereocenters. The number of pyridine rings is 1. The Morgan fingerprint density at radius 3 is 2.55 bits per heavy atom. The Morgan fingerprint density at radius 1 is 0.968 bits per heavy atom. The molecule has 2 aromatic carbocycles. The number of ether oxygens (including phenoxy) is 1. The first-order valence-electron chi connectivity index (χ1n) is 10.2. The molecule has 0 spiro atoms. The largest absolute Gasteiger partial charge is 0.493 e. The predicted octanol–water partition coefficient (Wildman–Crippen LogP) is 6.50. The van der Waals surface area contributed by atoms with Crippen molar-refractivity contribution in [2.24, 2.45) is 0 Å². The Balaban J connectivity index is 0.00000272. The number of nitrogens with zero attached hydrogens (tertiary/aromatic N) is 2. The second-order valence-corrected chi connectivity index (χ2v) is 7.44. The van der Waals surface area contributed by atoms with Crippen molar-refractivity contribution in [3.8, 4) is 5.75 Å². The zero-order valence-electron chi connectivity index (χ0n) is 17.8. The first kappa shape index (κ1) is 22.4. The molecule has 2 aromatic heterocycles. The van der Waals surface area contributed by atoms with Gasteiger partial charge in [-0.2, -0.15) is 0 Å². The number of hydrogen-bond donors (Lipinski definition) is 0. The van der Waals surface area contributed by atoms with Crippen LogP contribution in [0.15, 0.2) is 77.3 Å². The summed E-state index contributed by atoms with van der Waals surface area (Å²) in [6, 6.07) is 22.4. The van der Waals surface area contributed by atoms with E-state index in [1.165, 1.54) is 5.69 Å². The van der Waals surface area contributed by atoms with Crippen molar-refractivity contribution in [2.75, 3.05) is 25.6 Å². The van der Waals surface area contributed by atoms with E-state index < -0.39 is 0 Å². The minimum Gasteiger partial charge on any atom is -0.493 e. The summed E-state index contributed by atoms with van der Waals surface area (Å²) in [4.78, 5) is 6.43. The molecule has 4 nitrogen and oxygen atoms in total. The highest BCUT2D eigenvalue weighted by Crippen LogP contribution is 2.26. The number of halogens is 1. The third kappa shape index (κ3) is 6.12. The number of aryl methyl sites for hydroxylation is 1. The van der Waals surface area contributed by atoms with Gasteiger partial charge < -0.3 is 14.1 Å². The summed E-state index contributed by atoms with van der Waals surface area (Å²) in [7, 11) is 4.08. The maximum Gasteiger partial charge on any atom is 0.138 e. The molecule has 0 amide bonds. The monoisotopic (exact) mass is 434 g/mol. The van der Waals surface area contributed by atoms with Gasteiger partial charge in [0.15, 0.2) is 0 Å². The molecule has 4 rings (SSSR count). The Morgan fingerprint density at radius 2 is 1.81 bits per heavy atom. The van der Waals surface area contributed by atoms with Gasteiger partial charge in [-0.05, 0) is 66.9 Å². The average Bonchev–Trinajstić information content (AvgIpc) is 3.18. The molecule has 160 valence electrons. The summed E-state index contributed by atoms with van der Waals surface area (Å²) < 4.78 is 11.9. The van der Waals surface area contributed by atoms with E-state index in [9.17, 15) is 0 Å². The molecule has 0 fully saturated rings. The maximum atomic E-state index is 5.98. The van der Waals surface area contributed by atoms with Crippen molar-refractivity contribution >= 4 is 41.2 Å². The minimum atomic E-state index is 0. The van der Waals surface area contributed by atoms with E-state index in [1.54, 1.807) is 0 Å². The standard InChI is InChI=1S/C26H26N2O2.ClH/c1-28(2)23-12-8-20(9-13-23)10-14-25-18-21-11-15-24(19-26(21)30-25)29-17-5-7-22-6-3-4-16-27-22;/h3-4,6,8-16,18-19H,5,7,17H2,1-2H3;1H/b14-10+;. The highest BCUT2D eigenvalue weighted by molar-refractivity contribution is 5.85.